The molecule has 0 unspecified atom stereocenters. The number of carbonyl (C=O) groups excluding carboxylic acids is 2. The van der Waals surface area contributed by atoms with Gasteiger partial charge < -0.3 is 30.0 Å². The summed E-state index contributed by atoms with van der Waals surface area (Å²) in [5.41, 5.74) is -3.39. The third-order valence-electron chi connectivity index (χ3n) is 0.999. The molecule has 0 spiro atoms. The van der Waals surface area contributed by atoms with Crippen molar-refractivity contribution in [1.29, 1.82) is 0 Å². The van der Waals surface area contributed by atoms with Gasteiger partial charge in [0.05, 0.1) is 23.1 Å². The van der Waals surface area contributed by atoms with Crippen LogP contribution in [0.3, 0.4) is 0 Å². The molecule has 0 saturated carbocycles. The summed E-state index contributed by atoms with van der Waals surface area (Å²) in [4.78, 5) is 19.3. The quantitative estimate of drug-likeness (QED) is 0.491. The summed E-state index contributed by atoms with van der Waals surface area (Å²) in [5.74, 6) is -2.90. The Morgan fingerprint density at radius 1 is 0.867 bits per heavy atom. The van der Waals surface area contributed by atoms with Gasteiger partial charge in [-0.05, 0) is 27.7 Å². The van der Waals surface area contributed by atoms with E-state index in [1.165, 1.54) is 0 Å². The van der Waals surface area contributed by atoms with Crippen molar-refractivity contribution in [1.82, 2.24) is 0 Å². The van der Waals surface area contributed by atoms with Crippen LogP contribution in [-0.4, -0.2) is 71.1 Å². The molecule has 0 aromatic heterocycles. The Balaban J connectivity index is -0.000000180. The van der Waals surface area contributed by atoms with Gasteiger partial charge in [-0.1, -0.05) is 0 Å². The van der Waals surface area contributed by atoms with Gasteiger partial charge in [-0.15, -0.1) is 0 Å². The van der Waals surface area contributed by atoms with Crippen LogP contribution in [0.15, 0.2) is 0 Å². The van der Waals surface area contributed by atoms with Crippen molar-refractivity contribution in [2.24, 2.45) is 0 Å². The van der Waals surface area contributed by atoms with Crippen LogP contribution < -0.4 is 10.2 Å². The molecule has 0 amide bonds. The molecule has 84 valence electrons. The Morgan fingerprint density at radius 3 is 0.933 bits per heavy atom. The molecule has 0 aliphatic rings. The molecule has 0 aliphatic carbocycles. The van der Waals surface area contributed by atoms with Gasteiger partial charge in [0.25, 0.3) is 0 Å². The molecule has 0 aliphatic heterocycles. The van der Waals surface area contributed by atoms with Gasteiger partial charge >= 0.3 is 37.7 Å². The molecule has 0 aromatic carbocycles. The number of aliphatic carboxylic acids is 2. The Labute approximate surface area is 118 Å². The number of hydrogen-bond donors (Lipinski definition) is 2. The maximum absolute atomic E-state index is 9.66. The average Bonchev–Trinajstić information content (AvgIpc) is 1.83. The van der Waals surface area contributed by atoms with Crippen LogP contribution in [-0.2, 0) is 9.59 Å². The first-order valence-corrected chi connectivity index (χ1v) is 3.76. The monoisotopic (exact) mass is 246 g/mol. The molecule has 6 nitrogen and oxygen atoms in total. The largest absolute Gasteiger partial charge is 2.00 e. The van der Waals surface area contributed by atoms with Crippen molar-refractivity contribution in [2.75, 3.05) is 0 Å². The van der Waals surface area contributed by atoms with Crippen LogP contribution in [0.1, 0.15) is 27.7 Å². The van der Waals surface area contributed by atoms with Gasteiger partial charge in [0.15, 0.2) is 0 Å². The summed E-state index contributed by atoms with van der Waals surface area (Å²) in [6.07, 6.45) is 0. The summed E-state index contributed by atoms with van der Waals surface area (Å²) in [6, 6.07) is 0. The van der Waals surface area contributed by atoms with E-state index in [1.54, 1.807) is 0 Å². The first kappa shape index (κ1) is 20.5. The van der Waals surface area contributed by atoms with Crippen LogP contribution in [0.4, 0.5) is 0 Å². The van der Waals surface area contributed by atoms with E-state index in [0.717, 1.165) is 27.7 Å². The molecule has 0 aromatic rings. The molecular weight excluding hydrogens is 232 g/mol. The topological polar surface area (TPSA) is 121 Å². The molecule has 15 heavy (non-hydrogen) atoms. The van der Waals surface area contributed by atoms with Gasteiger partial charge in [0.1, 0.15) is 0 Å². The van der Waals surface area contributed by atoms with Crippen molar-refractivity contribution in [3.8, 4) is 0 Å². The number of carboxylic acid groups (broad SMARTS) is 2. The molecule has 0 atom stereocenters. The molecule has 0 bridgehead atoms. The molecule has 7 heteroatoms. The van der Waals surface area contributed by atoms with Gasteiger partial charge in [-0.3, -0.25) is 0 Å². The van der Waals surface area contributed by atoms with E-state index < -0.39 is 23.1 Å². The van der Waals surface area contributed by atoms with Crippen molar-refractivity contribution < 1.29 is 30.0 Å². The molecular formula is C8H14CaO6. The van der Waals surface area contributed by atoms with E-state index in [4.69, 9.17) is 10.2 Å². The SMILES string of the molecule is CC(C)(O)C(=O)[O-].CC(C)(O)C(=O)[O-].[Ca+2]. The van der Waals surface area contributed by atoms with Crippen LogP contribution in [0.25, 0.3) is 0 Å². The van der Waals surface area contributed by atoms with E-state index in [9.17, 15) is 19.8 Å². The number of carbonyl (C=O) groups is 2. The van der Waals surface area contributed by atoms with Crippen LogP contribution in [0.2, 0.25) is 0 Å². The minimum Gasteiger partial charge on any atom is -0.547 e. The Bertz CT molecular complexity index is 188. The second-order valence-electron chi connectivity index (χ2n) is 3.69. The zero-order chi connectivity index (χ0) is 12.2. The summed E-state index contributed by atoms with van der Waals surface area (Å²) >= 11 is 0. The smallest absolute Gasteiger partial charge is 0.547 e. The summed E-state index contributed by atoms with van der Waals surface area (Å²) in [6.45, 7) is 4.62. The average molecular weight is 246 g/mol. The van der Waals surface area contributed by atoms with Gasteiger partial charge in [-0.25, -0.2) is 0 Å². The van der Waals surface area contributed by atoms with E-state index in [0.29, 0.717) is 0 Å². The molecule has 2 N–H and O–H groups in total. The summed E-state index contributed by atoms with van der Waals surface area (Å²) < 4.78 is 0. The maximum Gasteiger partial charge on any atom is 2.00 e. The maximum atomic E-state index is 9.66. The fourth-order valence-corrected chi connectivity index (χ4v) is 0. The number of carboxylic acids is 2. The fraction of sp³-hybridized carbons (Fsp3) is 0.750. The van der Waals surface area contributed by atoms with Crippen LogP contribution >= 0.6 is 0 Å². The standard InChI is InChI=1S/2C4H8O3.Ca/c2*1-4(2,7)3(5)6;/h2*7H,1-2H3,(H,5,6);/q;;+2/p-2. The fourth-order valence-electron chi connectivity index (χ4n) is 0. The number of rotatable bonds is 2. The molecule has 0 rings (SSSR count). The Kier molecular flexibility index (Phi) is 10.1. The van der Waals surface area contributed by atoms with Crippen molar-refractivity contribution in [3.05, 3.63) is 0 Å². The molecule has 0 saturated heterocycles. The van der Waals surface area contributed by atoms with Gasteiger partial charge in [0.2, 0.25) is 0 Å². The third-order valence-corrected chi connectivity index (χ3v) is 0.999. The Morgan fingerprint density at radius 2 is 0.933 bits per heavy atom. The van der Waals surface area contributed by atoms with E-state index >= 15 is 0 Å². The van der Waals surface area contributed by atoms with Gasteiger partial charge in [-0.2, -0.15) is 0 Å². The number of hydrogen-bond acceptors (Lipinski definition) is 6. The van der Waals surface area contributed by atoms with Crippen LogP contribution in [0.5, 0.6) is 0 Å². The zero-order valence-corrected chi connectivity index (χ0v) is 11.4. The molecule has 0 fully saturated rings. The van der Waals surface area contributed by atoms with E-state index in [2.05, 4.69) is 0 Å². The predicted molar refractivity (Wildman–Crippen MR) is 48.4 cm³/mol. The second-order valence-corrected chi connectivity index (χ2v) is 3.69. The predicted octanol–water partition coefficient (Wildman–Crippen LogP) is -3.37. The van der Waals surface area contributed by atoms with Crippen molar-refractivity contribution in [3.63, 3.8) is 0 Å². The summed E-state index contributed by atoms with van der Waals surface area (Å²) in [5, 5.41) is 36.2. The Hall–Kier alpha value is 0.120. The first-order valence-electron chi connectivity index (χ1n) is 3.76. The second kappa shape index (κ2) is 7.40. The van der Waals surface area contributed by atoms with E-state index in [1.807, 2.05) is 0 Å². The van der Waals surface area contributed by atoms with E-state index in [-0.39, 0.29) is 37.7 Å². The zero-order valence-electron chi connectivity index (χ0n) is 9.23. The normalized spacial score (nSPS) is 10.5. The van der Waals surface area contributed by atoms with Crippen molar-refractivity contribution in [2.45, 2.75) is 38.9 Å². The minimum atomic E-state index is -1.69. The molecule has 0 heterocycles. The number of aliphatic hydroxyl groups is 2. The van der Waals surface area contributed by atoms with Crippen LogP contribution in [0, 0.1) is 0 Å². The molecule has 0 radical (unpaired) electrons. The summed E-state index contributed by atoms with van der Waals surface area (Å²) in [7, 11) is 0. The minimum absolute atomic E-state index is 0. The first-order chi connectivity index (χ1) is 5.89. The third kappa shape index (κ3) is 14.1. The van der Waals surface area contributed by atoms with Gasteiger partial charge in [0, 0.05) is 0 Å². The van der Waals surface area contributed by atoms with Crippen molar-refractivity contribution >= 4 is 49.7 Å².